The van der Waals surface area contributed by atoms with Crippen LogP contribution in [0.4, 0.5) is 26.0 Å². The fraction of sp³-hybridized carbons (Fsp3) is 0.0909. The molecular formula is C22H18F2N6O. The largest absolute Gasteiger partial charge is 0.339 e. The molecule has 1 amide bonds. The summed E-state index contributed by atoms with van der Waals surface area (Å²) in [6.45, 7) is 3.86. The lowest BCUT2D eigenvalue weighted by atomic mass is 10.2. The highest BCUT2D eigenvalue weighted by Gasteiger charge is 2.10. The van der Waals surface area contributed by atoms with Crippen molar-refractivity contribution in [2.45, 2.75) is 13.8 Å². The van der Waals surface area contributed by atoms with E-state index >= 15 is 0 Å². The Hall–Kier alpha value is -4.14. The fourth-order valence-electron chi connectivity index (χ4n) is 2.99. The van der Waals surface area contributed by atoms with E-state index in [9.17, 15) is 13.6 Å². The second-order valence-corrected chi connectivity index (χ2v) is 6.90. The molecule has 0 aliphatic rings. The number of halogens is 2. The number of amides is 1. The topological polar surface area (TPSA) is 84.7 Å². The zero-order valence-electron chi connectivity index (χ0n) is 16.7. The first-order chi connectivity index (χ1) is 14.9. The number of hydrogen-bond acceptors (Lipinski definition) is 5. The minimum atomic E-state index is -1.07. The third kappa shape index (κ3) is 4.55. The van der Waals surface area contributed by atoms with Crippen molar-refractivity contribution in [1.29, 1.82) is 0 Å². The van der Waals surface area contributed by atoms with Crippen LogP contribution >= 0.6 is 0 Å². The third-order valence-electron chi connectivity index (χ3n) is 4.47. The molecule has 2 N–H and O–H groups in total. The Kier molecular flexibility index (Phi) is 5.40. The van der Waals surface area contributed by atoms with Gasteiger partial charge in [0, 0.05) is 22.6 Å². The number of rotatable bonds is 5. The van der Waals surface area contributed by atoms with E-state index in [4.69, 9.17) is 0 Å². The quantitative estimate of drug-likeness (QED) is 0.495. The molecule has 0 spiro atoms. The van der Waals surface area contributed by atoms with Crippen LogP contribution in [0.2, 0.25) is 0 Å². The van der Waals surface area contributed by atoms with Gasteiger partial charge in [-0.05, 0) is 74.5 Å². The molecule has 0 aliphatic carbocycles. The van der Waals surface area contributed by atoms with Gasteiger partial charge in [-0.1, -0.05) is 0 Å². The Labute approximate surface area is 176 Å². The predicted octanol–water partition coefficient (Wildman–Crippen LogP) is 4.55. The minimum Gasteiger partial charge on any atom is -0.339 e. The Balaban J connectivity index is 1.41. The molecule has 2 heterocycles. The predicted molar refractivity (Wildman–Crippen MR) is 113 cm³/mol. The molecule has 0 bridgehead atoms. The SMILES string of the molecule is Cc1cc(C)n(-c2ccc(Nc3ccc(NC(=O)c4ccc(F)c(F)c4)cc3)nn2)n1. The number of nitrogens with one attached hydrogen (secondary N) is 2. The van der Waals surface area contributed by atoms with E-state index in [1.54, 1.807) is 35.0 Å². The van der Waals surface area contributed by atoms with Crippen LogP contribution in [0.25, 0.3) is 5.82 Å². The highest BCUT2D eigenvalue weighted by Crippen LogP contribution is 2.19. The molecule has 0 radical (unpaired) electrons. The Morgan fingerprint density at radius 2 is 1.61 bits per heavy atom. The van der Waals surface area contributed by atoms with Gasteiger partial charge >= 0.3 is 0 Å². The van der Waals surface area contributed by atoms with E-state index in [2.05, 4.69) is 25.9 Å². The Bertz CT molecular complexity index is 1240. The van der Waals surface area contributed by atoms with E-state index in [-0.39, 0.29) is 5.56 Å². The molecule has 4 rings (SSSR count). The molecule has 0 saturated heterocycles. The van der Waals surface area contributed by atoms with Crippen molar-refractivity contribution in [3.63, 3.8) is 0 Å². The molecule has 0 atom stereocenters. The molecule has 2 aromatic carbocycles. The van der Waals surface area contributed by atoms with Crippen molar-refractivity contribution in [1.82, 2.24) is 20.0 Å². The highest BCUT2D eigenvalue weighted by atomic mass is 19.2. The van der Waals surface area contributed by atoms with Gasteiger partial charge in [-0.3, -0.25) is 4.79 Å². The summed E-state index contributed by atoms with van der Waals surface area (Å²) in [5.74, 6) is -1.45. The number of carbonyl (C=O) groups excluding carboxylic acids is 1. The number of carbonyl (C=O) groups is 1. The number of benzene rings is 2. The summed E-state index contributed by atoms with van der Waals surface area (Å²) >= 11 is 0. The second-order valence-electron chi connectivity index (χ2n) is 6.90. The maximum atomic E-state index is 13.3. The van der Waals surface area contributed by atoms with Gasteiger partial charge in [-0.25, -0.2) is 13.5 Å². The summed E-state index contributed by atoms with van der Waals surface area (Å²) in [5, 5.41) is 18.5. The van der Waals surface area contributed by atoms with Gasteiger partial charge < -0.3 is 10.6 Å². The summed E-state index contributed by atoms with van der Waals surface area (Å²) in [5.41, 5.74) is 3.14. The molecule has 156 valence electrons. The van der Waals surface area contributed by atoms with Crippen LogP contribution < -0.4 is 10.6 Å². The number of hydrogen-bond donors (Lipinski definition) is 2. The first kappa shape index (κ1) is 20.1. The van der Waals surface area contributed by atoms with E-state index in [1.807, 2.05) is 26.0 Å². The van der Waals surface area contributed by atoms with E-state index in [1.165, 1.54) is 6.07 Å². The molecule has 9 heteroatoms. The van der Waals surface area contributed by atoms with Crippen molar-refractivity contribution in [3.05, 3.63) is 89.2 Å². The summed E-state index contributed by atoms with van der Waals surface area (Å²) in [6, 6.07) is 15.4. The molecule has 0 saturated carbocycles. The molecule has 0 fully saturated rings. The number of aryl methyl sites for hydroxylation is 2. The molecule has 0 unspecified atom stereocenters. The average Bonchev–Trinajstić information content (AvgIpc) is 3.10. The van der Waals surface area contributed by atoms with Crippen molar-refractivity contribution in [2.24, 2.45) is 0 Å². The van der Waals surface area contributed by atoms with Gasteiger partial charge in [0.15, 0.2) is 23.3 Å². The Morgan fingerprint density at radius 1 is 0.871 bits per heavy atom. The molecule has 0 aliphatic heterocycles. The summed E-state index contributed by atoms with van der Waals surface area (Å²) < 4.78 is 28.0. The fourth-order valence-corrected chi connectivity index (χ4v) is 2.99. The molecule has 7 nitrogen and oxygen atoms in total. The van der Waals surface area contributed by atoms with Crippen molar-refractivity contribution >= 4 is 23.1 Å². The van der Waals surface area contributed by atoms with E-state index < -0.39 is 17.5 Å². The van der Waals surface area contributed by atoms with Gasteiger partial charge in [0.1, 0.15) is 0 Å². The Morgan fingerprint density at radius 3 is 2.23 bits per heavy atom. The summed E-state index contributed by atoms with van der Waals surface area (Å²) in [7, 11) is 0. The third-order valence-corrected chi connectivity index (χ3v) is 4.47. The van der Waals surface area contributed by atoms with Crippen LogP contribution in [-0.4, -0.2) is 25.9 Å². The van der Waals surface area contributed by atoms with Crippen LogP contribution in [0.15, 0.2) is 60.7 Å². The summed E-state index contributed by atoms with van der Waals surface area (Å²) in [6.07, 6.45) is 0. The van der Waals surface area contributed by atoms with E-state index in [0.29, 0.717) is 17.3 Å². The normalized spacial score (nSPS) is 10.7. The van der Waals surface area contributed by atoms with Gasteiger partial charge in [0.05, 0.1) is 5.69 Å². The average molecular weight is 420 g/mol. The minimum absolute atomic E-state index is 0.0269. The van der Waals surface area contributed by atoms with Gasteiger partial charge in [-0.15, -0.1) is 10.2 Å². The highest BCUT2D eigenvalue weighted by molar-refractivity contribution is 6.04. The zero-order valence-corrected chi connectivity index (χ0v) is 16.7. The number of nitrogens with zero attached hydrogens (tertiary/aromatic N) is 4. The lowest BCUT2D eigenvalue weighted by Crippen LogP contribution is -2.12. The standard InChI is InChI=1S/C22H18F2N6O/c1-13-11-14(2)30(29-13)21-10-9-20(27-28-21)25-16-4-6-17(7-5-16)26-22(31)15-3-8-18(23)19(24)12-15/h3-12H,1-2H3,(H,25,27)(H,26,31). The van der Waals surface area contributed by atoms with Crippen LogP contribution in [0.5, 0.6) is 0 Å². The van der Waals surface area contributed by atoms with Crippen LogP contribution in [-0.2, 0) is 0 Å². The molecule has 31 heavy (non-hydrogen) atoms. The van der Waals surface area contributed by atoms with Gasteiger partial charge in [0.2, 0.25) is 0 Å². The lowest BCUT2D eigenvalue weighted by molar-refractivity contribution is 0.102. The van der Waals surface area contributed by atoms with Crippen molar-refractivity contribution in [2.75, 3.05) is 10.6 Å². The molecular weight excluding hydrogens is 402 g/mol. The number of aromatic nitrogens is 4. The van der Waals surface area contributed by atoms with Crippen LogP contribution in [0.1, 0.15) is 21.7 Å². The monoisotopic (exact) mass is 420 g/mol. The van der Waals surface area contributed by atoms with Crippen LogP contribution in [0.3, 0.4) is 0 Å². The van der Waals surface area contributed by atoms with Crippen molar-refractivity contribution in [3.8, 4) is 5.82 Å². The van der Waals surface area contributed by atoms with Crippen molar-refractivity contribution < 1.29 is 13.6 Å². The van der Waals surface area contributed by atoms with Gasteiger partial charge in [0.25, 0.3) is 5.91 Å². The zero-order chi connectivity index (χ0) is 22.0. The summed E-state index contributed by atoms with van der Waals surface area (Å²) in [4.78, 5) is 12.2. The molecule has 4 aromatic rings. The number of anilines is 3. The van der Waals surface area contributed by atoms with Gasteiger partial charge in [-0.2, -0.15) is 5.10 Å². The first-order valence-electron chi connectivity index (χ1n) is 9.40. The lowest BCUT2D eigenvalue weighted by Gasteiger charge is -2.09. The maximum absolute atomic E-state index is 13.3. The molecule has 2 aromatic heterocycles. The second kappa shape index (κ2) is 8.31. The van der Waals surface area contributed by atoms with E-state index in [0.717, 1.165) is 29.2 Å². The maximum Gasteiger partial charge on any atom is 0.255 e. The smallest absolute Gasteiger partial charge is 0.255 e. The van der Waals surface area contributed by atoms with Crippen LogP contribution in [0, 0.1) is 25.5 Å². The first-order valence-corrected chi connectivity index (χ1v) is 9.40.